The second-order valence-corrected chi connectivity index (χ2v) is 9.42. The summed E-state index contributed by atoms with van der Waals surface area (Å²) in [6.45, 7) is 8.84. The first-order chi connectivity index (χ1) is 14.9. The standard InChI is InChI=1S/C29H27N2/c1-16-6-7-21-20(11-16)13-25-22(21)8-9-23-26(25)14-27-28(23)30-15-31(5)29(27)24-12-17(2)10-18(3)19(24)4/h6-12,15H,13-14H2,1-5H3/q+1. The highest BCUT2D eigenvalue weighted by Gasteiger charge is 2.34. The van der Waals surface area contributed by atoms with Gasteiger partial charge in [0.15, 0.2) is 5.69 Å². The van der Waals surface area contributed by atoms with Crippen molar-refractivity contribution >= 4 is 0 Å². The van der Waals surface area contributed by atoms with Crippen molar-refractivity contribution in [1.82, 2.24) is 4.98 Å². The maximum Gasteiger partial charge on any atom is 0.287 e. The van der Waals surface area contributed by atoms with E-state index >= 15 is 0 Å². The molecular formula is C29H27N2+. The molecule has 0 fully saturated rings. The maximum atomic E-state index is 4.91. The molecule has 0 bridgehead atoms. The molecule has 4 aromatic rings. The van der Waals surface area contributed by atoms with Gasteiger partial charge in [0.2, 0.25) is 0 Å². The molecule has 0 unspecified atom stereocenters. The van der Waals surface area contributed by atoms with Crippen molar-refractivity contribution in [3.63, 3.8) is 0 Å². The Balaban J connectivity index is 1.56. The molecule has 0 saturated carbocycles. The van der Waals surface area contributed by atoms with E-state index in [1.807, 2.05) is 6.33 Å². The molecule has 2 aliphatic rings. The Bertz CT molecular complexity index is 1430. The highest BCUT2D eigenvalue weighted by molar-refractivity contribution is 5.87. The van der Waals surface area contributed by atoms with Crippen LogP contribution in [0, 0.1) is 27.7 Å². The van der Waals surface area contributed by atoms with Crippen LogP contribution in [0.3, 0.4) is 0 Å². The van der Waals surface area contributed by atoms with Crippen LogP contribution in [-0.4, -0.2) is 4.98 Å². The van der Waals surface area contributed by atoms with Crippen molar-refractivity contribution in [2.45, 2.75) is 40.5 Å². The monoisotopic (exact) mass is 403 g/mol. The summed E-state index contributed by atoms with van der Waals surface area (Å²) in [5.41, 5.74) is 19.1. The van der Waals surface area contributed by atoms with Gasteiger partial charge in [0, 0.05) is 17.5 Å². The fourth-order valence-electron chi connectivity index (χ4n) is 5.71. The smallest absolute Gasteiger partial charge is 0.232 e. The molecule has 1 heterocycles. The number of hydrogen-bond acceptors (Lipinski definition) is 1. The molecule has 1 aromatic heterocycles. The van der Waals surface area contributed by atoms with Gasteiger partial charge in [0.1, 0.15) is 5.69 Å². The molecule has 6 rings (SSSR count). The molecule has 0 atom stereocenters. The molecule has 3 aromatic carbocycles. The van der Waals surface area contributed by atoms with E-state index in [2.05, 4.69) is 81.8 Å². The maximum absolute atomic E-state index is 4.91. The molecule has 31 heavy (non-hydrogen) atoms. The molecule has 0 amide bonds. The van der Waals surface area contributed by atoms with Crippen LogP contribution in [0.5, 0.6) is 0 Å². The summed E-state index contributed by atoms with van der Waals surface area (Å²) in [5.74, 6) is 0. The van der Waals surface area contributed by atoms with E-state index in [9.17, 15) is 0 Å². The minimum Gasteiger partial charge on any atom is -0.232 e. The lowest BCUT2D eigenvalue weighted by Crippen LogP contribution is -2.33. The van der Waals surface area contributed by atoms with Gasteiger partial charge in [-0.15, -0.1) is 0 Å². The minimum atomic E-state index is 0.963. The number of nitrogens with zero attached hydrogens (tertiary/aromatic N) is 2. The van der Waals surface area contributed by atoms with Gasteiger partial charge in [0.05, 0.1) is 12.6 Å². The van der Waals surface area contributed by atoms with E-state index in [-0.39, 0.29) is 0 Å². The summed E-state index contributed by atoms with van der Waals surface area (Å²) in [7, 11) is 2.13. The summed E-state index contributed by atoms with van der Waals surface area (Å²) >= 11 is 0. The molecule has 0 radical (unpaired) electrons. The zero-order chi connectivity index (χ0) is 21.4. The van der Waals surface area contributed by atoms with Gasteiger partial charge >= 0.3 is 0 Å². The van der Waals surface area contributed by atoms with Gasteiger partial charge in [-0.2, -0.15) is 0 Å². The van der Waals surface area contributed by atoms with E-state index in [4.69, 9.17) is 4.98 Å². The van der Waals surface area contributed by atoms with E-state index in [0.29, 0.717) is 0 Å². The number of fused-ring (bicyclic) bond motifs is 7. The van der Waals surface area contributed by atoms with Crippen molar-refractivity contribution < 1.29 is 4.57 Å². The second kappa shape index (κ2) is 6.37. The Morgan fingerprint density at radius 2 is 1.45 bits per heavy atom. The lowest BCUT2D eigenvalue weighted by Gasteiger charge is -2.13. The van der Waals surface area contributed by atoms with E-state index in [1.165, 1.54) is 72.5 Å². The van der Waals surface area contributed by atoms with Crippen LogP contribution < -0.4 is 4.57 Å². The highest BCUT2D eigenvalue weighted by Crippen LogP contribution is 2.47. The van der Waals surface area contributed by atoms with Gasteiger partial charge in [0.25, 0.3) is 6.33 Å². The van der Waals surface area contributed by atoms with Crippen LogP contribution >= 0.6 is 0 Å². The summed E-state index contributed by atoms with van der Waals surface area (Å²) in [6.07, 6.45) is 3.99. The lowest BCUT2D eigenvalue weighted by atomic mass is 9.94. The lowest BCUT2D eigenvalue weighted by molar-refractivity contribution is -0.663. The minimum absolute atomic E-state index is 0.963. The number of hydrogen-bond donors (Lipinski definition) is 0. The van der Waals surface area contributed by atoms with Crippen molar-refractivity contribution in [2.75, 3.05) is 0 Å². The van der Waals surface area contributed by atoms with Gasteiger partial charge in [-0.1, -0.05) is 41.5 Å². The molecule has 2 heteroatoms. The van der Waals surface area contributed by atoms with E-state index in [0.717, 1.165) is 18.5 Å². The fourth-order valence-corrected chi connectivity index (χ4v) is 5.71. The van der Waals surface area contributed by atoms with Crippen LogP contribution in [0.2, 0.25) is 0 Å². The van der Waals surface area contributed by atoms with Crippen molar-refractivity contribution in [3.05, 3.63) is 93.3 Å². The Labute approximate surface area is 184 Å². The van der Waals surface area contributed by atoms with Crippen LogP contribution in [0.1, 0.15) is 44.5 Å². The van der Waals surface area contributed by atoms with E-state index in [1.54, 1.807) is 0 Å². The number of aromatic nitrogens is 2. The zero-order valence-electron chi connectivity index (χ0n) is 18.9. The number of rotatable bonds is 1. The van der Waals surface area contributed by atoms with Gasteiger partial charge in [-0.3, -0.25) is 0 Å². The predicted molar refractivity (Wildman–Crippen MR) is 126 cm³/mol. The summed E-state index contributed by atoms with van der Waals surface area (Å²) in [6, 6.07) is 16.1. The molecule has 152 valence electrons. The summed E-state index contributed by atoms with van der Waals surface area (Å²) in [5, 5.41) is 0. The first-order valence-electron chi connectivity index (χ1n) is 11.1. The molecule has 0 aliphatic heterocycles. The SMILES string of the molecule is Cc1ccc2c(c1)Cc1c-2ccc2c1Cc1c-2nc[n+](C)c1-c1cc(C)cc(C)c1C. The second-order valence-electron chi connectivity index (χ2n) is 9.42. The van der Waals surface area contributed by atoms with Crippen LogP contribution in [0.4, 0.5) is 0 Å². The Hall–Kier alpha value is -3.26. The number of aryl methyl sites for hydroxylation is 4. The van der Waals surface area contributed by atoms with Crippen LogP contribution in [0.25, 0.3) is 33.6 Å². The van der Waals surface area contributed by atoms with Crippen molar-refractivity contribution in [2.24, 2.45) is 7.05 Å². The van der Waals surface area contributed by atoms with Crippen molar-refractivity contribution in [1.29, 1.82) is 0 Å². The van der Waals surface area contributed by atoms with Gasteiger partial charge < -0.3 is 0 Å². The Morgan fingerprint density at radius 1 is 0.710 bits per heavy atom. The third kappa shape index (κ3) is 2.57. The Kier molecular flexibility index (Phi) is 3.80. The molecule has 0 N–H and O–H groups in total. The average molecular weight is 404 g/mol. The first-order valence-corrected chi connectivity index (χ1v) is 11.1. The van der Waals surface area contributed by atoms with Gasteiger partial charge in [-0.25, -0.2) is 4.57 Å². The normalized spacial score (nSPS) is 13.1. The fraction of sp³-hybridized carbons (Fsp3) is 0.241. The third-order valence-corrected chi connectivity index (χ3v) is 7.31. The molecule has 2 aliphatic carbocycles. The third-order valence-electron chi connectivity index (χ3n) is 7.31. The average Bonchev–Trinajstić information content (AvgIpc) is 3.28. The highest BCUT2D eigenvalue weighted by atomic mass is 15.0. The topological polar surface area (TPSA) is 16.8 Å². The van der Waals surface area contributed by atoms with Crippen LogP contribution in [0.15, 0.2) is 48.8 Å². The summed E-state index contributed by atoms with van der Waals surface area (Å²) in [4.78, 5) is 4.91. The largest absolute Gasteiger partial charge is 0.287 e. The summed E-state index contributed by atoms with van der Waals surface area (Å²) < 4.78 is 2.21. The van der Waals surface area contributed by atoms with Gasteiger partial charge in [-0.05, 0) is 90.2 Å². The molecule has 2 nitrogen and oxygen atoms in total. The Morgan fingerprint density at radius 3 is 2.29 bits per heavy atom. The van der Waals surface area contributed by atoms with Crippen LogP contribution in [-0.2, 0) is 19.9 Å². The van der Waals surface area contributed by atoms with E-state index < -0.39 is 0 Å². The predicted octanol–water partition coefficient (Wildman–Crippen LogP) is 5.95. The zero-order valence-corrected chi connectivity index (χ0v) is 18.9. The number of benzene rings is 3. The molecule has 0 spiro atoms. The quantitative estimate of drug-likeness (QED) is 0.310. The molecular weight excluding hydrogens is 376 g/mol. The first kappa shape index (κ1) is 18.5. The molecule has 0 saturated heterocycles. The van der Waals surface area contributed by atoms with Crippen molar-refractivity contribution in [3.8, 4) is 33.6 Å².